The number of carbonyl (C=O) groups is 2. The van der Waals surface area contributed by atoms with Crippen molar-refractivity contribution in [2.45, 2.75) is 31.5 Å². The first kappa shape index (κ1) is 17.4. The normalized spacial score (nSPS) is 25.2. The standard InChI is InChI=1S/C20H22FN5O2/c21-15-4-1-2-5-16(15)26-12-14(10-22-26)11-23-8-9-25-18(13-23)20(28)24-7-3-6-17(24)19(25)27/h1-2,4-5,10,12,17-18H,3,6-9,11,13H2/t17-,18-/m1/s1. The van der Waals surface area contributed by atoms with Crippen molar-refractivity contribution in [3.05, 3.63) is 48.0 Å². The number of hydrogen-bond donors (Lipinski definition) is 0. The minimum absolute atomic E-state index is 0.0776. The predicted molar refractivity (Wildman–Crippen MR) is 99.0 cm³/mol. The van der Waals surface area contributed by atoms with Gasteiger partial charge in [-0.3, -0.25) is 14.5 Å². The molecule has 0 aliphatic carbocycles. The maximum absolute atomic E-state index is 14.0. The second-order valence-electron chi connectivity index (χ2n) is 7.72. The molecule has 5 rings (SSSR count). The molecule has 3 saturated heterocycles. The van der Waals surface area contributed by atoms with Gasteiger partial charge in [-0.15, -0.1) is 0 Å². The van der Waals surface area contributed by atoms with Gasteiger partial charge in [-0.2, -0.15) is 5.10 Å². The molecule has 1 aromatic carbocycles. The van der Waals surface area contributed by atoms with Crippen molar-refractivity contribution in [2.24, 2.45) is 0 Å². The molecule has 28 heavy (non-hydrogen) atoms. The summed E-state index contributed by atoms with van der Waals surface area (Å²) in [5.41, 5.74) is 1.36. The van der Waals surface area contributed by atoms with E-state index in [1.54, 1.807) is 34.2 Å². The van der Waals surface area contributed by atoms with E-state index in [4.69, 9.17) is 0 Å². The van der Waals surface area contributed by atoms with Gasteiger partial charge in [-0.05, 0) is 25.0 Å². The predicted octanol–water partition coefficient (Wildman–Crippen LogP) is 1.03. The lowest BCUT2D eigenvalue weighted by Crippen LogP contribution is -2.68. The van der Waals surface area contributed by atoms with E-state index < -0.39 is 6.04 Å². The average molecular weight is 383 g/mol. The van der Waals surface area contributed by atoms with Crippen molar-refractivity contribution in [3.8, 4) is 5.69 Å². The van der Waals surface area contributed by atoms with Gasteiger partial charge in [0.2, 0.25) is 11.8 Å². The molecule has 8 heteroatoms. The fraction of sp³-hybridized carbons (Fsp3) is 0.450. The van der Waals surface area contributed by atoms with E-state index in [-0.39, 0.29) is 23.7 Å². The highest BCUT2D eigenvalue weighted by Crippen LogP contribution is 2.29. The Morgan fingerprint density at radius 1 is 1.04 bits per heavy atom. The maximum atomic E-state index is 14.0. The van der Waals surface area contributed by atoms with E-state index in [0.29, 0.717) is 38.4 Å². The summed E-state index contributed by atoms with van der Waals surface area (Å²) in [6.45, 7) is 3.12. The number of halogens is 1. The molecule has 0 radical (unpaired) electrons. The van der Waals surface area contributed by atoms with Crippen LogP contribution in [0.2, 0.25) is 0 Å². The number of nitrogens with zero attached hydrogens (tertiary/aromatic N) is 5. The summed E-state index contributed by atoms with van der Waals surface area (Å²) in [6, 6.07) is 5.88. The molecule has 3 aliphatic rings. The molecule has 1 aromatic heterocycles. The summed E-state index contributed by atoms with van der Waals surface area (Å²) in [4.78, 5) is 31.3. The molecule has 2 aromatic rings. The van der Waals surface area contributed by atoms with Gasteiger partial charge < -0.3 is 9.80 Å². The highest BCUT2D eigenvalue weighted by atomic mass is 19.1. The molecule has 3 fully saturated rings. The zero-order valence-corrected chi connectivity index (χ0v) is 15.5. The molecule has 3 aliphatic heterocycles. The molecule has 146 valence electrons. The number of benzene rings is 1. The van der Waals surface area contributed by atoms with Crippen LogP contribution < -0.4 is 0 Å². The van der Waals surface area contributed by atoms with Crippen molar-refractivity contribution < 1.29 is 14.0 Å². The summed E-state index contributed by atoms with van der Waals surface area (Å²) >= 11 is 0. The van der Waals surface area contributed by atoms with Crippen LogP contribution in [0.1, 0.15) is 18.4 Å². The number of para-hydroxylation sites is 1. The molecular formula is C20H22FN5O2. The Morgan fingerprint density at radius 3 is 2.68 bits per heavy atom. The molecule has 0 saturated carbocycles. The van der Waals surface area contributed by atoms with E-state index in [1.165, 1.54) is 10.7 Å². The SMILES string of the molecule is O=C1[C@H]2CN(Cc3cnn(-c4ccccc4F)c3)CCN2C(=O)[C@H]2CCCN12. The van der Waals surface area contributed by atoms with Crippen LogP contribution in [0.3, 0.4) is 0 Å². The third kappa shape index (κ3) is 2.79. The molecule has 7 nitrogen and oxygen atoms in total. The number of carbonyl (C=O) groups excluding carboxylic acids is 2. The van der Waals surface area contributed by atoms with Gasteiger partial charge in [0.15, 0.2) is 0 Å². The summed E-state index contributed by atoms with van der Waals surface area (Å²) in [7, 11) is 0. The van der Waals surface area contributed by atoms with Crippen LogP contribution in [-0.4, -0.2) is 74.6 Å². The number of piperazine rings is 2. The van der Waals surface area contributed by atoms with Crippen molar-refractivity contribution in [2.75, 3.05) is 26.2 Å². The Hall–Kier alpha value is -2.74. The Balaban J connectivity index is 1.30. The van der Waals surface area contributed by atoms with Crippen LogP contribution >= 0.6 is 0 Å². The van der Waals surface area contributed by atoms with Gasteiger partial charge in [0, 0.05) is 44.5 Å². The van der Waals surface area contributed by atoms with Gasteiger partial charge in [0.05, 0.1) is 6.20 Å². The lowest BCUT2D eigenvalue weighted by atomic mass is 10.0. The smallest absolute Gasteiger partial charge is 0.247 e. The van der Waals surface area contributed by atoms with Crippen molar-refractivity contribution >= 4 is 11.8 Å². The third-order valence-corrected chi connectivity index (χ3v) is 6.00. The topological polar surface area (TPSA) is 61.7 Å². The molecule has 0 spiro atoms. The molecule has 0 unspecified atom stereocenters. The Bertz CT molecular complexity index is 929. The fourth-order valence-corrected chi connectivity index (χ4v) is 4.60. The second kappa shape index (κ2) is 6.70. The summed E-state index contributed by atoms with van der Waals surface area (Å²) in [5.74, 6) is -0.139. The lowest BCUT2D eigenvalue weighted by molar-refractivity contribution is -0.163. The van der Waals surface area contributed by atoms with Crippen molar-refractivity contribution in [1.82, 2.24) is 24.5 Å². The maximum Gasteiger partial charge on any atom is 0.247 e. The van der Waals surface area contributed by atoms with Crippen LogP contribution in [0.15, 0.2) is 36.7 Å². The van der Waals surface area contributed by atoms with Crippen LogP contribution in [0.25, 0.3) is 5.69 Å². The zero-order valence-electron chi connectivity index (χ0n) is 15.5. The van der Waals surface area contributed by atoms with Crippen LogP contribution in [0, 0.1) is 5.82 Å². The van der Waals surface area contributed by atoms with Crippen molar-refractivity contribution in [3.63, 3.8) is 0 Å². The molecule has 4 heterocycles. The molecule has 0 bridgehead atoms. The van der Waals surface area contributed by atoms with E-state index in [2.05, 4.69) is 10.00 Å². The quantitative estimate of drug-likeness (QED) is 0.794. The number of amides is 2. The highest BCUT2D eigenvalue weighted by molar-refractivity contribution is 5.97. The lowest BCUT2D eigenvalue weighted by Gasteiger charge is -2.47. The van der Waals surface area contributed by atoms with Crippen LogP contribution in [0.5, 0.6) is 0 Å². The van der Waals surface area contributed by atoms with E-state index in [9.17, 15) is 14.0 Å². The molecular weight excluding hydrogens is 361 g/mol. The zero-order chi connectivity index (χ0) is 19.3. The van der Waals surface area contributed by atoms with Gasteiger partial charge in [0.25, 0.3) is 0 Å². The Labute approximate surface area is 162 Å². The minimum Gasteiger partial charge on any atom is -0.329 e. The molecule has 0 N–H and O–H groups in total. The van der Waals surface area contributed by atoms with Crippen molar-refractivity contribution in [1.29, 1.82) is 0 Å². The largest absolute Gasteiger partial charge is 0.329 e. The first-order valence-corrected chi connectivity index (χ1v) is 9.73. The average Bonchev–Trinajstić information content (AvgIpc) is 3.36. The van der Waals surface area contributed by atoms with Gasteiger partial charge in [-0.1, -0.05) is 12.1 Å². The highest BCUT2D eigenvalue weighted by Gasteiger charge is 2.49. The monoisotopic (exact) mass is 383 g/mol. The molecule has 2 atom stereocenters. The number of hydrogen-bond acceptors (Lipinski definition) is 4. The third-order valence-electron chi connectivity index (χ3n) is 6.00. The first-order chi connectivity index (χ1) is 13.6. The summed E-state index contributed by atoms with van der Waals surface area (Å²) in [5, 5.41) is 4.28. The van der Waals surface area contributed by atoms with Crippen LogP contribution in [-0.2, 0) is 16.1 Å². The van der Waals surface area contributed by atoms with Gasteiger partial charge in [0.1, 0.15) is 23.6 Å². The number of aromatic nitrogens is 2. The Morgan fingerprint density at radius 2 is 1.82 bits per heavy atom. The van der Waals surface area contributed by atoms with E-state index in [1.807, 2.05) is 6.20 Å². The fourth-order valence-electron chi connectivity index (χ4n) is 4.60. The minimum atomic E-state index is -0.391. The van der Waals surface area contributed by atoms with Crippen LogP contribution in [0.4, 0.5) is 4.39 Å². The first-order valence-electron chi connectivity index (χ1n) is 9.73. The Kier molecular flexibility index (Phi) is 4.16. The van der Waals surface area contributed by atoms with E-state index in [0.717, 1.165) is 18.4 Å². The second-order valence-corrected chi connectivity index (χ2v) is 7.72. The summed E-state index contributed by atoms with van der Waals surface area (Å²) in [6.07, 6.45) is 5.23. The summed E-state index contributed by atoms with van der Waals surface area (Å²) < 4.78 is 15.5. The van der Waals surface area contributed by atoms with E-state index >= 15 is 0 Å². The van der Waals surface area contributed by atoms with Gasteiger partial charge in [-0.25, -0.2) is 9.07 Å². The van der Waals surface area contributed by atoms with Gasteiger partial charge >= 0.3 is 0 Å². The number of rotatable bonds is 3. The number of fused-ring (bicyclic) bond motifs is 2. The molecule has 2 amide bonds.